The zero-order valence-electron chi connectivity index (χ0n) is 20.0. The zero-order valence-corrected chi connectivity index (χ0v) is 20.0. The lowest BCUT2D eigenvalue weighted by Crippen LogP contribution is -2.02. The van der Waals surface area contributed by atoms with Crippen LogP contribution in [0, 0.1) is 5.92 Å². The molecule has 4 rings (SSSR count). The summed E-state index contributed by atoms with van der Waals surface area (Å²) in [6.07, 6.45) is 6.09. The van der Waals surface area contributed by atoms with Gasteiger partial charge in [-0.3, -0.25) is 0 Å². The predicted molar refractivity (Wildman–Crippen MR) is 130 cm³/mol. The van der Waals surface area contributed by atoms with Gasteiger partial charge in [-0.05, 0) is 60.9 Å². The minimum absolute atomic E-state index is 0.530. The third-order valence-electron chi connectivity index (χ3n) is 5.89. The molecule has 0 aliphatic rings. The Morgan fingerprint density at radius 2 is 1.56 bits per heavy atom. The van der Waals surface area contributed by atoms with Crippen molar-refractivity contribution in [3.63, 3.8) is 0 Å². The summed E-state index contributed by atoms with van der Waals surface area (Å²) in [5.74, 6) is 4.47. The smallest absolute Gasteiger partial charge is 0.195 e. The molecule has 2 aromatic carbocycles. The summed E-state index contributed by atoms with van der Waals surface area (Å²) in [5, 5.41) is 14.2. The highest BCUT2D eigenvalue weighted by Crippen LogP contribution is 2.34. The average Bonchev–Trinajstić information content (AvgIpc) is 3.54. The fourth-order valence-electron chi connectivity index (χ4n) is 3.98. The van der Waals surface area contributed by atoms with Crippen LogP contribution >= 0.6 is 0 Å². The first-order valence-corrected chi connectivity index (χ1v) is 11.7. The molecular weight excluding hydrogens is 430 g/mol. The Bertz CT molecular complexity index is 1070. The maximum Gasteiger partial charge on any atom is 0.195 e. The lowest BCUT2D eigenvalue weighted by atomic mass is 9.99. The minimum Gasteiger partial charge on any atom is -0.497 e. The third kappa shape index (κ3) is 6.01. The van der Waals surface area contributed by atoms with E-state index in [0.717, 1.165) is 84.3 Å². The van der Waals surface area contributed by atoms with Crippen LogP contribution in [0.3, 0.4) is 0 Å². The molecule has 0 spiro atoms. The first kappa shape index (κ1) is 23.5. The highest BCUT2D eigenvalue weighted by atomic mass is 16.5. The second-order valence-corrected chi connectivity index (χ2v) is 8.48. The molecule has 2 aromatic heterocycles. The first-order valence-electron chi connectivity index (χ1n) is 11.7. The molecule has 34 heavy (non-hydrogen) atoms. The van der Waals surface area contributed by atoms with Crippen LogP contribution in [0.25, 0.3) is 22.6 Å². The normalized spacial score (nSPS) is 12.0. The van der Waals surface area contributed by atoms with Gasteiger partial charge in [0.2, 0.25) is 0 Å². The number of ether oxygens (including phenoxy) is 2. The van der Waals surface area contributed by atoms with Crippen molar-refractivity contribution in [2.24, 2.45) is 5.92 Å². The van der Waals surface area contributed by atoms with Crippen molar-refractivity contribution >= 4 is 0 Å². The van der Waals surface area contributed by atoms with Crippen LogP contribution in [0.2, 0.25) is 0 Å². The van der Waals surface area contributed by atoms with E-state index in [1.165, 1.54) is 0 Å². The maximum absolute atomic E-state index is 6.27. The molecule has 0 amide bonds. The SMILES string of the molecule is COc1ccc(-c2nc(CCCCCC(C)Cc3nn[nH]n3)oc2-c2ccc(OC)cc2)cc1. The Kier molecular flexibility index (Phi) is 7.91. The summed E-state index contributed by atoms with van der Waals surface area (Å²) in [5.41, 5.74) is 2.81. The van der Waals surface area contributed by atoms with E-state index in [-0.39, 0.29) is 0 Å². The van der Waals surface area contributed by atoms with Crippen molar-refractivity contribution in [3.8, 4) is 34.1 Å². The van der Waals surface area contributed by atoms with Crippen molar-refractivity contribution in [2.75, 3.05) is 14.2 Å². The molecule has 2 heterocycles. The van der Waals surface area contributed by atoms with Crippen LogP contribution < -0.4 is 9.47 Å². The van der Waals surface area contributed by atoms with Gasteiger partial charge in [-0.25, -0.2) is 4.98 Å². The van der Waals surface area contributed by atoms with Gasteiger partial charge in [0.15, 0.2) is 17.5 Å². The van der Waals surface area contributed by atoms with Gasteiger partial charge in [0.1, 0.15) is 17.2 Å². The zero-order chi connectivity index (χ0) is 23.8. The molecule has 1 N–H and O–H groups in total. The van der Waals surface area contributed by atoms with Crippen LogP contribution in [-0.4, -0.2) is 39.8 Å². The van der Waals surface area contributed by atoms with Crippen LogP contribution in [-0.2, 0) is 12.8 Å². The topological polar surface area (TPSA) is 99.0 Å². The number of aromatic nitrogens is 5. The van der Waals surface area contributed by atoms with E-state index < -0.39 is 0 Å². The average molecular weight is 462 g/mol. The predicted octanol–water partition coefficient (Wildman–Crippen LogP) is 5.52. The van der Waals surface area contributed by atoms with Gasteiger partial charge in [0, 0.05) is 24.0 Å². The monoisotopic (exact) mass is 461 g/mol. The molecule has 1 atom stereocenters. The van der Waals surface area contributed by atoms with Crippen molar-refractivity contribution in [1.29, 1.82) is 0 Å². The van der Waals surface area contributed by atoms with Gasteiger partial charge in [0.25, 0.3) is 0 Å². The van der Waals surface area contributed by atoms with Gasteiger partial charge >= 0.3 is 0 Å². The number of methoxy groups -OCH3 is 2. The van der Waals surface area contributed by atoms with E-state index >= 15 is 0 Å². The summed E-state index contributed by atoms with van der Waals surface area (Å²) < 4.78 is 16.9. The standard InChI is InChI=1S/C26H31N5O3/c1-18(17-23-28-30-31-29-23)7-5-4-6-8-24-27-25(19-9-13-21(32-2)14-10-19)26(34-24)20-11-15-22(33-3)16-12-20/h9-16,18H,4-8,17H2,1-3H3,(H,28,29,30,31). The highest BCUT2D eigenvalue weighted by molar-refractivity contribution is 5.77. The summed E-state index contributed by atoms with van der Waals surface area (Å²) in [6.45, 7) is 2.23. The van der Waals surface area contributed by atoms with E-state index in [1.807, 2.05) is 48.5 Å². The molecule has 1 unspecified atom stereocenters. The van der Waals surface area contributed by atoms with E-state index in [2.05, 4.69) is 27.5 Å². The molecule has 0 saturated carbocycles. The Hall–Kier alpha value is -3.68. The molecule has 0 fully saturated rings. The maximum atomic E-state index is 6.27. The fraction of sp³-hybridized carbons (Fsp3) is 0.385. The Balaban J connectivity index is 1.41. The molecule has 0 aliphatic carbocycles. The molecule has 0 aliphatic heterocycles. The number of benzene rings is 2. The molecule has 0 saturated heterocycles. The first-order chi connectivity index (χ1) is 16.7. The molecule has 8 nitrogen and oxygen atoms in total. The number of H-pyrrole nitrogens is 1. The van der Waals surface area contributed by atoms with Gasteiger partial charge in [0.05, 0.1) is 14.2 Å². The van der Waals surface area contributed by atoms with E-state index in [9.17, 15) is 0 Å². The second-order valence-electron chi connectivity index (χ2n) is 8.48. The van der Waals surface area contributed by atoms with Crippen LogP contribution in [0.5, 0.6) is 11.5 Å². The number of hydrogen-bond donors (Lipinski definition) is 1. The van der Waals surface area contributed by atoms with E-state index in [1.54, 1.807) is 14.2 Å². The molecule has 4 aromatic rings. The van der Waals surface area contributed by atoms with Gasteiger partial charge in [-0.1, -0.05) is 31.4 Å². The number of nitrogens with one attached hydrogen (secondary N) is 1. The van der Waals surface area contributed by atoms with Crippen molar-refractivity contribution in [3.05, 3.63) is 60.2 Å². The number of hydrogen-bond acceptors (Lipinski definition) is 7. The number of rotatable bonds is 12. The molecule has 178 valence electrons. The molecule has 8 heteroatoms. The number of tetrazole rings is 1. The summed E-state index contributed by atoms with van der Waals surface area (Å²) in [4.78, 5) is 4.87. The number of nitrogens with zero attached hydrogens (tertiary/aromatic N) is 4. The molecule has 0 radical (unpaired) electrons. The summed E-state index contributed by atoms with van der Waals surface area (Å²) in [7, 11) is 3.33. The van der Waals surface area contributed by atoms with Gasteiger partial charge in [-0.2, -0.15) is 5.21 Å². The summed E-state index contributed by atoms with van der Waals surface area (Å²) >= 11 is 0. The minimum atomic E-state index is 0.530. The largest absolute Gasteiger partial charge is 0.497 e. The second kappa shape index (κ2) is 11.4. The van der Waals surface area contributed by atoms with Crippen LogP contribution in [0.15, 0.2) is 52.9 Å². The Labute approximate surface area is 199 Å². The summed E-state index contributed by atoms with van der Waals surface area (Å²) in [6, 6.07) is 15.8. The third-order valence-corrected chi connectivity index (χ3v) is 5.89. The van der Waals surface area contributed by atoms with Gasteiger partial charge in [-0.15, -0.1) is 10.2 Å². The van der Waals surface area contributed by atoms with Crippen molar-refractivity contribution in [2.45, 2.75) is 45.4 Å². The molecule has 0 bridgehead atoms. The fourth-order valence-corrected chi connectivity index (χ4v) is 3.98. The highest BCUT2D eigenvalue weighted by Gasteiger charge is 2.17. The van der Waals surface area contributed by atoms with Crippen LogP contribution in [0.1, 0.15) is 44.3 Å². The Morgan fingerprint density at radius 3 is 2.18 bits per heavy atom. The van der Waals surface area contributed by atoms with Gasteiger partial charge < -0.3 is 13.9 Å². The van der Waals surface area contributed by atoms with E-state index in [4.69, 9.17) is 18.9 Å². The number of aromatic amines is 1. The van der Waals surface area contributed by atoms with Crippen molar-refractivity contribution < 1.29 is 13.9 Å². The lowest BCUT2D eigenvalue weighted by Gasteiger charge is -2.07. The number of unbranched alkanes of at least 4 members (excludes halogenated alkanes) is 2. The lowest BCUT2D eigenvalue weighted by molar-refractivity contribution is 0.414. The number of aryl methyl sites for hydroxylation is 1. The van der Waals surface area contributed by atoms with E-state index in [0.29, 0.717) is 5.92 Å². The number of oxazole rings is 1. The van der Waals surface area contributed by atoms with Crippen molar-refractivity contribution in [1.82, 2.24) is 25.6 Å². The molecular formula is C26H31N5O3. The quantitative estimate of drug-likeness (QED) is 0.277. The van der Waals surface area contributed by atoms with Crippen LogP contribution in [0.4, 0.5) is 0 Å². The Morgan fingerprint density at radius 1 is 0.882 bits per heavy atom.